The van der Waals surface area contributed by atoms with Gasteiger partial charge in [-0.15, -0.1) is 0 Å². The van der Waals surface area contributed by atoms with E-state index in [1.165, 1.54) is 0 Å². The second-order valence-electron chi connectivity index (χ2n) is 5.14. The van der Waals surface area contributed by atoms with Gasteiger partial charge in [-0.3, -0.25) is 9.78 Å². The number of fused-ring (bicyclic) bond motifs is 1. The zero-order valence-electron chi connectivity index (χ0n) is 11.8. The van der Waals surface area contributed by atoms with Crippen LogP contribution in [0.4, 0.5) is 13.2 Å². The average Bonchev–Trinajstić information content (AvgIpc) is 2.91. The molecule has 0 atom stereocenters. The van der Waals surface area contributed by atoms with Crippen molar-refractivity contribution in [1.82, 2.24) is 9.97 Å². The van der Waals surface area contributed by atoms with Gasteiger partial charge in [0.15, 0.2) is 0 Å². The van der Waals surface area contributed by atoms with E-state index in [-0.39, 0.29) is 0 Å². The summed E-state index contributed by atoms with van der Waals surface area (Å²) in [6.45, 7) is 0. The molecule has 0 aliphatic heterocycles. The highest BCUT2D eigenvalue weighted by molar-refractivity contribution is 5.94. The summed E-state index contributed by atoms with van der Waals surface area (Å²) >= 11 is 0. The first-order valence-electron chi connectivity index (χ1n) is 6.77. The molecule has 3 N–H and O–H groups in total. The number of nitrogens with zero attached hydrogens (tertiary/aromatic N) is 1. The standard InChI is InChI=1S/C16H12F3N3O/c17-16(18,19)14-8-10-6-9(3-4-12(10)22-14)7-13-11(15(20)23)2-1-5-21-13/h1-6,8,22H,7H2,(H2,20,23). The number of rotatable bonds is 3. The molecular formula is C16H12F3N3O. The van der Waals surface area contributed by atoms with Gasteiger partial charge < -0.3 is 10.7 Å². The topological polar surface area (TPSA) is 71.8 Å². The second kappa shape index (κ2) is 5.42. The average molecular weight is 319 g/mol. The van der Waals surface area contributed by atoms with E-state index in [9.17, 15) is 18.0 Å². The molecule has 2 aromatic heterocycles. The van der Waals surface area contributed by atoms with Crippen LogP contribution in [0.3, 0.4) is 0 Å². The van der Waals surface area contributed by atoms with Gasteiger partial charge in [-0.2, -0.15) is 13.2 Å². The van der Waals surface area contributed by atoms with Gasteiger partial charge in [0.05, 0.1) is 11.3 Å². The lowest BCUT2D eigenvalue weighted by Gasteiger charge is -2.05. The molecular weight excluding hydrogens is 307 g/mol. The van der Waals surface area contributed by atoms with E-state index in [1.807, 2.05) is 0 Å². The first-order chi connectivity index (χ1) is 10.8. The summed E-state index contributed by atoms with van der Waals surface area (Å²) < 4.78 is 38.2. The molecule has 0 fully saturated rings. The van der Waals surface area contributed by atoms with Crippen LogP contribution in [0.5, 0.6) is 0 Å². The molecule has 23 heavy (non-hydrogen) atoms. The van der Waals surface area contributed by atoms with E-state index in [4.69, 9.17) is 5.73 Å². The SMILES string of the molecule is NC(=O)c1cccnc1Cc1ccc2[nH]c(C(F)(F)F)cc2c1. The molecule has 0 aliphatic rings. The molecule has 0 radical (unpaired) electrons. The number of nitrogens with two attached hydrogens (primary N) is 1. The van der Waals surface area contributed by atoms with Crippen LogP contribution in [0.15, 0.2) is 42.6 Å². The van der Waals surface area contributed by atoms with Crippen molar-refractivity contribution in [3.63, 3.8) is 0 Å². The van der Waals surface area contributed by atoms with Crippen LogP contribution in [0, 0.1) is 0 Å². The Hall–Kier alpha value is -2.83. The summed E-state index contributed by atoms with van der Waals surface area (Å²) in [5.41, 5.74) is 6.45. The number of carbonyl (C=O) groups is 1. The van der Waals surface area contributed by atoms with Crippen LogP contribution in [0.2, 0.25) is 0 Å². The summed E-state index contributed by atoms with van der Waals surface area (Å²) in [5.74, 6) is -0.588. The first kappa shape index (κ1) is 15.1. The Bertz CT molecular complexity index is 884. The fourth-order valence-electron chi connectivity index (χ4n) is 2.44. The number of hydrogen-bond donors (Lipinski definition) is 2. The van der Waals surface area contributed by atoms with E-state index < -0.39 is 17.8 Å². The molecule has 3 aromatic rings. The zero-order valence-corrected chi connectivity index (χ0v) is 11.8. The number of alkyl halides is 3. The van der Waals surface area contributed by atoms with Crippen LogP contribution in [0.25, 0.3) is 10.9 Å². The third kappa shape index (κ3) is 3.03. The lowest BCUT2D eigenvalue weighted by Crippen LogP contribution is -2.14. The van der Waals surface area contributed by atoms with Gasteiger partial charge >= 0.3 is 6.18 Å². The van der Waals surface area contributed by atoms with Crippen LogP contribution >= 0.6 is 0 Å². The molecule has 1 aromatic carbocycles. The number of H-pyrrole nitrogens is 1. The Balaban J connectivity index is 1.97. The van der Waals surface area contributed by atoms with Crippen molar-refractivity contribution < 1.29 is 18.0 Å². The summed E-state index contributed by atoms with van der Waals surface area (Å²) in [6, 6.07) is 9.15. The first-order valence-corrected chi connectivity index (χ1v) is 6.77. The predicted molar refractivity (Wildman–Crippen MR) is 78.9 cm³/mol. The summed E-state index contributed by atoms with van der Waals surface area (Å²) in [5, 5.41) is 0.450. The lowest BCUT2D eigenvalue weighted by molar-refractivity contribution is -0.140. The Morgan fingerprint density at radius 1 is 1.22 bits per heavy atom. The van der Waals surface area contributed by atoms with Crippen molar-refractivity contribution >= 4 is 16.8 Å². The number of amides is 1. The summed E-state index contributed by atoms with van der Waals surface area (Å²) in [4.78, 5) is 17.9. The Morgan fingerprint density at radius 2 is 2.00 bits per heavy atom. The number of hydrogen-bond acceptors (Lipinski definition) is 2. The second-order valence-corrected chi connectivity index (χ2v) is 5.14. The molecule has 2 heterocycles. The monoisotopic (exact) mass is 319 g/mol. The number of aromatic amines is 1. The predicted octanol–water partition coefficient (Wildman–Crippen LogP) is 3.27. The highest BCUT2D eigenvalue weighted by atomic mass is 19.4. The maximum absolute atomic E-state index is 12.7. The van der Waals surface area contributed by atoms with Crippen LogP contribution in [0.1, 0.15) is 27.3 Å². The molecule has 0 spiro atoms. The quantitative estimate of drug-likeness (QED) is 0.777. The van der Waals surface area contributed by atoms with Crippen molar-refractivity contribution in [3.05, 3.63) is 65.1 Å². The van der Waals surface area contributed by atoms with Gasteiger partial charge in [0.1, 0.15) is 5.69 Å². The fraction of sp³-hybridized carbons (Fsp3) is 0.125. The maximum Gasteiger partial charge on any atom is 0.431 e. The van der Waals surface area contributed by atoms with E-state index >= 15 is 0 Å². The maximum atomic E-state index is 12.7. The molecule has 0 saturated heterocycles. The summed E-state index contributed by atoms with van der Waals surface area (Å²) in [6.07, 6.45) is -2.57. The molecule has 0 aliphatic carbocycles. The van der Waals surface area contributed by atoms with E-state index in [2.05, 4.69) is 9.97 Å². The number of benzene rings is 1. The number of pyridine rings is 1. The van der Waals surface area contributed by atoms with Crippen molar-refractivity contribution in [1.29, 1.82) is 0 Å². The molecule has 3 rings (SSSR count). The minimum absolute atomic E-state index is 0.303. The number of aromatic nitrogens is 2. The van der Waals surface area contributed by atoms with Gasteiger partial charge in [0.25, 0.3) is 5.91 Å². The van der Waals surface area contributed by atoms with E-state index in [0.717, 1.165) is 11.6 Å². The molecule has 0 unspecified atom stereocenters. The smallest absolute Gasteiger partial charge is 0.366 e. The number of nitrogens with one attached hydrogen (secondary N) is 1. The Kier molecular flexibility index (Phi) is 3.55. The number of halogens is 3. The molecule has 1 amide bonds. The zero-order chi connectivity index (χ0) is 16.6. The molecule has 0 saturated carbocycles. The number of carbonyl (C=O) groups excluding carboxylic acids is 1. The van der Waals surface area contributed by atoms with Crippen LogP contribution in [-0.4, -0.2) is 15.9 Å². The minimum Gasteiger partial charge on any atom is -0.366 e. The van der Waals surface area contributed by atoms with Crippen LogP contribution in [-0.2, 0) is 12.6 Å². The Labute approximate surface area is 129 Å². The van der Waals surface area contributed by atoms with Gasteiger partial charge in [0, 0.05) is 23.5 Å². The third-order valence-electron chi connectivity index (χ3n) is 3.52. The summed E-state index contributed by atoms with van der Waals surface area (Å²) in [7, 11) is 0. The van der Waals surface area contributed by atoms with Crippen molar-refractivity contribution in [2.75, 3.05) is 0 Å². The largest absolute Gasteiger partial charge is 0.431 e. The molecule has 118 valence electrons. The molecule has 7 heteroatoms. The highest BCUT2D eigenvalue weighted by Gasteiger charge is 2.32. The number of primary amides is 1. The van der Waals surface area contributed by atoms with E-state index in [1.54, 1.807) is 36.5 Å². The molecule has 4 nitrogen and oxygen atoms in total. The van der Waals surface area contributed by atoms with Gasteiger partial charge in [-0.1, -0.05) is 6.07 Å². The van der Waals surface area contributed by atoms with Crippen molar-refractivity contribution in [2.24, 2.45) is 5.73 Å². The van der Waals surface area contributed by atoms with Crippen molar-refractivity contribution in [3.8, 4) is 0 Å². The van der Waals surface area contributed by atoms with Gasteiger partial charge in [-0.25, -0.2) is 0 Å². The van der Waals surface area contributed by atoms with E-state index in [0.29, 0.717) is 28.6 Å². The fourth-order valence-corrected chi connectivity index (χ4v) is 2.44. The lowest BCUT2D eigenvalue weighted by atomic mass is 10.0. The minimum atomic E-state index is -4.42. The van der Waals surface area contributed by atoms with Gasteiger partial charge in [-0.05, 0) is 35.9 Å². The van der Waals surface area contributed by atoms with Crippen LogP contribution < -0.4 is 5.73 Å². The third-order valence-corrected chi connectivity index (χ3v) is 3.52. The Morgan fingerprint density at radius 3 is 2.70 bits per heavy atom. The normalized spacial score (nSPS) is 11.8. The van der Waals surface area contributed by atoms with Crippen molar-refractivity contribution in [2.45, 2.75) is 12.6 Å². The van der Waals surface area contributed by atoms with Gasteiger partial charge in [0.2, 0.25) is 0 Å². The molecule has 0 bridgehead atoms. The highest BCUT2D eigenvalue weighted by Crippen LogP contribution is 2.31.